The second kappa shape index (κ2) is 7.55. The molecule has 0 saturated carbocycles. The van der Waals surface area contributed by atoms with E-state index in [9.17, 15) is 9.59 Å². The van der Waals surface area contributed by atoms with Gasteiger partial charge in [-0.2, -0.15) is 0 Å². The number of nitrogens with zero attached hydrogens (tertiary/aromatic N) is 1. The van der Waals surface area contributed by atoms with Crippen LogP contribution in [0.25, 0.3) is 0 Å². The fraction of sp³-hybridized carbons (Fsp3) is 0.400. The molecular weight excluding hydrogens is 318 g/mol. The Balaban J connectivity index is 1.52. The van der Waals surface area contributed by atoms with Crippen LogP contribution in [0.5, 0.6) is 5.75 Å². The Kier molecular flexibility index (Phi) is 5.22. The van der Waals surface area contributed by atoms with Crippen LogP contribution >= 0.6 is 0 Å². The van der Waals surface area contributed by atoms with Gasteiger partial charge < -0.3 is 14.1 Å². The SMILES string of the molecule is Cc1cc(O[C@@H]2CCN(C(=O)CCc3ccccc3C)C2)cc(=O)o1. The molecule has 5 heteroatoms. The summed E-state index contributed by atoms with van der Waals surface area (Å²) in [5.41, 5.74) is 2.02. The number of hydrogen-bond donors (Lipinski definition) is 0. The van der Waals surface area contributed by atoms with Crippen LogP contribution in [0.15, 0.2) is 45.6 Å². The molecule has 0 unspecified atom stereocenters. The maximum atomic E-state index is 12.4. The van der Waals surface area contributed by atoms with E-state index in [4.69, 9.17) is 9.15 Å². The van der Waals surface area contributed by atoms with Crippen molar-refractivity contribution >= 4 is 5.91 Å². The number of carbonyl (C=O) groups is 1. The Hall–Kier alpha value is -2.56. The number of amides is 1. The summed E-state index contributed by atoms with van der Waals surface area (Å²) in [5.74, 6) is 1.18. The lowest BCUT2D eigenvalue weighted by Gasteiger charge is -2.17. The Bertz CT molecular complexity index is 811. The summed E-state index contributed by atoms with van der Waals surface area (Å²) < 4.78 is 10.8. The van der Waals surface area contributed by atoms with Crippen LogP contribution in [0.1, 0.15) is 29.7 Å². The molecule has 5 nitrogen and oxygen atoms in total. The van der Waals surface area contributed by atoms with E-state index in [-0.39, 0.29) is 12.0 Å². The Morgan fingerprint density at radius 2 is 2.08 bits per heavy atom. The molecule has 3 rings (SSSR count). The highest BCUT2D eigenvalue weighted by Crippen LogP contribution is 2.19. The van der Waals surface area contributed by atoms with Gasteiger partial charge >= 0.3 is 5.63 Å². The van der Waals surface area contributed by atoms with Crippen molar-refractivity contribution in [1.82, 2.24) is 4.90 Å². The number of hydrogen-bond acceptors (Lipinski definition) is 4. The van der Waals surface area contributed by atoms with Crippen LogP contribution in [0, 0.1) is 13.8 Å². The largest absolute Gasteiger partial charge is 0.488 e. The van der Waals surface area contributed by atoms with E-state index in [1.165, 1.54) is 17.2 Å². The first-order chi connectivity index (χ1) is 12.0. The van der Waals surface area contributed by atoms with E-state index in [2.05, 4.69) is 19.1 Å². The smallest absolute Gasteiger partial charge is 0.339 e. The Labute approximate surface area is 147 Å². The molecule has 1 aromatic heterocycles. The highest BCUT2D eigenvalue weighted by atomic mass is 16.5. The van der Waals surface area contributed by atoms with Gasteiger partial charge in [0.15, 0.2) is 0 Å². The second-order valence-electron chi connectivity index (χ2n) is 6.52. The zero-order valence-corrected chi connectivity index (χ0v) is 14.7. The lowest BCUT2D eigenvalue weighted by Crippen LogP contribution is -2.31. The topological polar surface area (TPSA) is 59.8 Å². The van der Waals surface area contributed by atoms with Gasteiger partial charge in [0.05, 0.1) is 12.6 Å². The summed E-state index contributed by atoms with van der Waals surface area (Å²) in [5, 5.41) is 0. The molecule has 25 heavy (non-hydrogen) atoms. The maximum Gasteiger partial charge on any atom is 0.339 e. The van der Waals surface area contributed by atoms with Crippen LogP contribution in [-0.4, -0.2) is 30.0 Å². The first-order valence-corrected chi connectivity index (χ1v) is 8.62. The molecule has 132 valence electrons. The van der Waals surface area contributed by atoms with Gasteiger partial charge in [0, 0.05) is 25.5 Å². The van der Waals surface area contributed by atoms with Crippen LogP contribution < -0.4 is 10.4 Å². The maximum absolute atomic E-state index is 12.4. The number of likely N-dealkylation sites (tertiary alicyclic amines) is 1. The monoisotopic (exact) mass is 341 g/mol. The lowest BCUT2D eigenvalue weighted by molar-refractivity contribution is -0.130. The van der Waals surface area contributed by atoms with Crippen LogP contribution in [0.4, 0.5) is 0 Å². The van der Waals surface area contributed by atoms with Gasteiger partial charge in [-0.15, -0.1) is 0 Å². The minimum absolute atomic E-state index is 0.0800. The summed E-state index contributed by atoms with van der Waals surface area (Å²) in [6.45, 7) is 5.03. The van der Waals surface area contributed by atoms with Crippen molar-refractivity contribution in [2.45, 2.75) is 39.2 Å². The van der Waals surface area contributed by atoms with Crippen LogP contribution in [0.3, 0.4) is 0 Å². The van der Waals surface area contributed by atoms with Crippen LogP contribution in [-0.2, 0) is 11.2 Å². The third kappa shape index (κ3) is 4.50. The van der Waals surface area contributed by atoms with E-state index in [1.54, 1.807) is 13.0 Å². The molecule has 2 aromatic rings. The lowest BCUT2D eigenvalue weighted by atomic mass is 10.0. The number of aryl methyl sites for hydroxylation is 3. The molecule has 1 aliphatic heterocycles. The quantitative estimate of drug-likeness (QED) is 0.839. The third-order valence-electron chi connectivity index (χ3n) is 4.54. The van der Waals surface area contributed by atoms with Gasteiger partial charge in [0.25, 0.3) is 0 Å². The van der Waals surface area contributed by atoms with Gasteiger partial charge in [-0.05, 0) is 31.4 Å². The van der Waals surface area contributed by atoms with Gasteiger partial charge in [-0.1, -0.05) is 24.3 Å². The Morgan fingerprint density at radius 3 is 2.84 bits per heavy atom. The molecule has 1 aromatic carbocycles. The minimum Gasteiger partial charge on any atom is -0.488 e. The highest BCUT2D eigenvalue weighted by molar-refractivity contribution is 5.76. The molecular formula is C20H23NO4. The molecule has 1 atom stereocenters. The zero-order valence-electron chi connectivity index (χ0n) is 14.7. The molecule has 0 radical (unpaired) electrons. The van der Waals surface area contributed by atoms with E-state index in [0.717, 1.165) is 12.8 Å². The molecule has 1 amide bonds. The normalized spacial score (nSPS) is 16.9. The summed E-state index contributed by atoms with van der Waals surface area (Å²) in [7, 11) is 0. The van der Waals surface area contributed by atoms with Gasteiger partial charge in [0.1, 0.15) is 17.6 Å². The highest BCUT2D eigenvalue weighted by Gasteiger charge is 2.27. The molecule has 0 spiro atoms. The van der Waals surface area contributed by atoms with Crippen LogP contribution in [0.2, 0.25) is 0 Å². The molecule has 1 aliphatic rings. The molecule has 0 aliphatic carbocycles. The van der Waals surface area contributed by atoms with Crippen molar-refractivity contribution in [3.63, 3.8) is 0 Å². The molecule has 0 bridgehead atoms. The standard InChI is InChI=1S/C20H23NO4/c1-14-5-3-4-6-16(14)7-8-19(22)21-10-9-17(13-21)25-18-11-15(2)24-20(23)12-18/h3-6,11-12,17H,7-10,13H2,1-2H3/t17-/m1/s1. The summed E-state index contributed by atoms with van der Waals surface area (Å²) in [4.78, 5) is 25.7. The number of rotatable bonds is 5. The average Bonchev–Trinajstić information content (AvgIpc) is 3.01. The predicted octanol–water partition coefficient (Wildman–Crippen LogP) is 2.87. The van der Waals surface area contributed by atoms with Crippen molar-refractivity contribution in [1.29, 1.82) is 0 Å². The Morgan fingerprint density at radius 1 is 1.28 bits per heavy atom. The van der Waals surface area contributed by atoms with E-state index < -0.39 is 5.63 Å². The zero-order chi connectivity index (χ0) is 17.8. The first-order valence-electron chi connectivity index (χ1n) is 8.62. The summed E-state index contributed by atoms with van der Waals surface area (Å²) in [6, 6.07) is 11.2. The van der Waals surface area contributed by atoms with Crippen molar-refractivity contribution in [2.75, 3.05) is 13.1 Å². The summed E-state index contributed by atoms with van der Waals surface area (Å²) in [6.07, 6.45) is 1.96. The predicted molar refractivity (Wildman–Crippen MR) is 94.8 cm³/mol. The van der Waals surface area contributed by atoms with Crippen molar-refractivity contribution in [3.8, 4) is 5.75 Å². The first kappa shape index (κ1) is 17.3. The fourth-order valence-electron chi connectivity index (χ4n) is 3.18. The number of carbonyl (C=O) groups excluding carboxylic acids is 1. The van der Waals surface area contributed by atoms with E-state index in [0.29, 0.717) is 31.0 Å². The average molecular weight is 341 g/mol. The van der Waals surface area contributed by atoms with E-state index in [1.807, 2.05) is 17.0 Å². The number of benzene rings is 1. The number of ether oxygens (including phenoxy) is 1. The van der Waals surface area contributed by atoms with Crippen molar-refractivity contribution in [2.24, 2.45) is 0 Å². The second-order valence-corrected chi connectivity index (χ2v) is 6.52. The van der Waals surface area contributed by atoms with Crippen molar-refractivity contribution < 1.29 is 13.9 Å². The summed E-state index contributed by atoms with van der Waals surface area (Å²) >= 11 is 0. The fourth-order valence-corrected chi connectivity index (χ4v) is 3.18. The molecule has 1 fully saturated rings. The molecule has 0 N–H and O–H groups in total. The van der Waals surface area contributed by atoms with Gasteiger partial charge in [0.2, 0.25) is 5.91 Å². The van der Waals surface area contributed by atoms with Crippen molar-refractivity contribution in [3.05, 3.63) is 63.7 Å². The third-order valence-corrected chi connectivity index (χ3v) is 4.54. The van der Waals surface area contributed by atoms with Gasteiger partial charge in [-0.3, -0.25) is 4.79 Å². The molecule has 2 heterocycles. The molecule has 1 saturated heterocycles. The van der Waals surface area contributed by atoms with Gasteiger partial charge in [-0.25, -0.2) is 4.79 Å². The van der Waals surface area contributed by atoms with E-state index >= 15 is 0 Å². The minimum atomic E-state index is -0.417.